The molecule has 1 unspecified atom stereocenters. The smallest absolute Gasteiger partial charge is 0.391 e. The van der Waals surface area contributed by atoms with Gasteiger partial charge in [-0.05, 0) is 24.5 Å². The third-order valence-electron chi connectivity index (χ3n) is 3.91. The number of para-hydroxylation sites is 1. The second kappa shape index (κ2) is 6.88. The van der Waals surface area contributed by atoms with Crippen molar-refractivity contribution in [1.29, 1.82) is 0 Å². The maximum Gasteiger partial charge on any atom is 0.418 e. The Kier molecular flexibility index (Phi) is 5.38. The van der Waals surface area contributed by atoms with Gasteiger partial charge in [0.1, 0.15) is 0 Å². The van der Waals surface area contributed by atoms with E-state index in [9.17, 15) is 18.3 Å². The van der Waals surface area contributed by atoms with Crippen LogP contribution in [-0.4, -0.2) is 17.8 Å². The monoisotopic (exact) mass is 321 g/mol. The first-order chi connectivity index (χ1) is 9.88. The number of rotatable bonds is 5. The Bertz CT molecular complexity index is 472. The summed E-state index contributed by atoms with van der Waals surface area (Å²) in [6, 6.07) is 3.66. The minimum absolute atomic E-state index is 0.0119. The van der Waals surface area contributed by atoms with Crippen molar-refractivity contribution in [3.05, 3.63) is 28.8 Å². The molecule has 1 aliphatic carbocycles. The van der Waals surface area contributed by atoms with Crippen molar-refractivity contribution >= 4 is 17.3 Å². The minimum Gasteiger partial charge on any atom is -0.391 e. The summed E-state index contributed by atoms with van der Waals surface area (Å²) in [5.74, 6) is 0.482. The van der Waals surface area contributed by atoms with Crippen LogP contribution in [0.5, 0.6) is 0 Å². The maximum atomic E-state index is 12.9. The summed E-state index contributed by atoms with van der Waals surface area (Å²) in [6.07, 6.45) is 0.0303. The fourth-order valence-electron chi connectivity index (χ4n) is 2.87. The van der Waals surface area contributed by atoms with Crippen molar-refractivity contribution in [2.24, 2.45) is 5.92 Å². The number of anilines is 1. The molecule has 21 heavy (non-hydrogen) atoms. The normalized spacial score (nSPS) is 18.0. The topological polar surface area (TPSA) is 32.3 Å². The zero-order valence-corrected chi connectivity index (χ0v) is 12.3. The minimum atomic E-state index is -4.47. The van der Waals surface area contributed by atoms with Crippen LogP contribution in [0.4, 0.5) is 18.9 Å². The van der Waals surface area contributed by atoms with Gasteiger partial charge in [-0.3, -0.25) is 0 Å². The standard InChI is InChI=1S/C15H19ClF3NO/c16-13-7-3-6-12(15(17,18)19)14(13)20-9-11(21)8-10-4-1-2-5-10/h3,6-7,10-11,20-21H,1-2,4-5,8-9H2. The van der Waals surface area contributed by atoms with Crippen LogP contribution < -0.4 is 5.32 Å². The summed E-state index contributed by atoms with van der Waals surface area (Å²) in [6.45, 7) is 0.0727. The Hall–Kier alpha value is -0.940. The van der Waals surface area contributed by atoms with Crippen LogP contribution in [0, 0.1) is 5.92 Å². The third-order valence-corrected chi connectivity index (χ3v) is 4.23. The van der Waals surface area contributed by atoms with E-state index in [1.165, 1.54) is 25.0 Å². The average molecular weight is 322 g/mol. The summed E-state index contributed by atoms with van der Waals surface area (Å²) in [5, 5.41) is 12.6. The average Bonchev–Trinajstić information content (AvgIpc) is 2.88. The Morgan fingerprint density at radius 3 is 2.57 bits per heavy atom. The summed E-state index contributed by atoms with van der Waals surface area (Å²) in [4.78, 5) is 0. The zero-order chi connectivity index (χ0) is 15.5. The second-order valence-corrected chi connectivity index (χ2v) is 5.99. The lowest BCUT2D eigenvalue weighted by Gasteiger charge is -2.19. The predicted molar refractivity (Wildman–Crippen MR) is 77.5 cm³/mol. The second-order valence-electron chi connectivity index (χ2n) is 5.58. The van der Waals surface area contributed by atoms with Gasteiger partial charge in [0.25, 0.3) is 0 Å². The van der Waals surface area contributed by atoms with Crippen molar-refractivity contribution < 1.29 is 18.3 Å². The molecule has 2 N–H and O–H groups in total. The van der Waals surface area contributed by atoms with E-state index in [0.717, 1.165) is 18.9 Å². The van der Waals surface area contributed by atoms with Gasteiger partial charge in [0.15, 0.2) is 0 Å². The SMILES string of the molecule is OC(CNc1c(Cl)cccc1C(F)(F)F)CC1CCCC1. The van der Waals surface area contributed by atoms with Gasteiger partial charge in [0.05, 0.1) is 22.4 Å². The summed E-state index contributed by atoms with van der Waals surface area (Å²) >= 11 is 5.85. The van der Waals surface area contributed by atoms with Crippen molar-refractivity contribution in [1.82, 2.24) is 0 Å². The molecular weight excluding hydrogens is 303 g/mol. The van der Waals surface area contributed by atoms with Gasteiger partial charge in [0, 0.05) is 6.54 Å². The number of hydrogen-bond donors (Lipinski definition) is 2. The van der Waals surface area contributed by atoms with E-state index in [0.29, 0.717) is 12.3 Å². The highest BCUT2D eigenvalue weighted by Gasteiger charge is 2.34. The number of aliphatic hydroxyl groups is 1. The van der Waals surface area contributed by atoms with Crippen LogP contribution in [0.1, 0.15) is 37.7 Å². The molecule has 0 radical (unpaired) electrons. The molecule has 0 bridgehead atoms. The van der Waals surface area contributed by atoms with E-state index in [-0.39, 0.29) is 17.3 Å². The molecule has 1 fully saturated rings. The molecule has 6 heteroatoms. The molecule has 0 amide bonds. The Balaban J connectivity index is 1.99. The van der Waals surface area contributed by atoms with Crippen molar-refractivity contribution in [2.45, 2.75) is 44.4 Å². The van der Waals surface area contributed by atoms with Crippen LogP contribution in [0.3, 0.4) is 0 Å². The van der Waals surface area contributed by atoms with Gasteiger partial charge in [0.2, 0.25) is 0 Å². The quantitative estimate of drug-likeness (QED) is 0.823. The largest absolute Gasteiger partial charge is 0.418 e. The lowest BCUT2D eigenvalue weighted by molar-refractivity contribution is -0.137. The van der Waals surface area contributed by atoms with Crippen molar-refractivity contribution in [3.63, 3.8) is 0 Å². The molecule has 1 atom stereocenters. The highest BCUT2D eigenvalue weighted by atomic mass is 35.5. The Morgan fingerprint density at radius 2 is 1.95 bits per heavy atom. The first kappa shape index (κ1) is 16.4. The van der Waals surface area contributed by atoms with Gasteiger partial charge in [-0.1, -0.05) is 43.4 Å². The first-order valence-corrected chi connectivity index (χ1v) is 7.53. The summed E-state index contributed by atoms with van der Waals surface area (Å²) in [5.41, 5.74) is -0.958. The number of alkyl halides is 3. The molecule has 1 aromatic rings. The Labute approximate surface area is 127 Å². The predicted octanol–water partition coefficient (Wildman–Crippen LogP) is 4.71. The van der Waals surface area contributed by atoms with Crippen LogP contribution in [0.2, 0.25) is 5.02 Å². The number of benzene rings is 1. The molecule has 1 saturated carbocycles. The van der Waals surface area contributed by atoms with Gasteiger partial charge in [-0.2, -0.15) is 13.2 Å². The molecule has 1 aromatic carbocycles. The molecule has 2 nitrogen and oxygen atoms in total. The fourth-order valence-corrected chi connectivity index (χ4v) is 3.12. The van der Waals surface area contributed by atoms with Crippen LogP contribution >= 0.6 is 11.6 Å². The highest BCUT2D eigenvalue weighted by molar-refractivity contribution is 6.33. The van der Waals surface area contributed by atoms with Crippen LogP contribution in [-0.2, 0) is 6.18 Å². The number of halogens is 4. The van der Waals surface area contributed by atoms with E-state index in [2.05, 4.69) is 5.32 Å². The first-order valence-electron chi connectivity index (χ1n) is 7.15. The molecule has 0 spiro atoms. The summed E-state index contributed by atoms with van der Waals surface area (Å²) in [7, 11) is 0. The number of nitrogens with one attached hydrogen (secondary N) is 1. The third kappa shape index (κ3) is 4.51. The molecule has 0 aromatic heterocycles. The molecule has 0 aliphatic heterocycles. The molecule has 0 saturated heterocycles. The van der Waals surface area contributed by atoms with Gasteiger partial charge in [-0.15, -0.1) is 0 Å². The van der Waals surface area contributed by atoms with Gasteiger partial charge in [-0.25, -0.2) is 0 Å². The molecule has 118 valence electrons. The fraction of sp³-hybridized carbons (Fsp3) is 0.600. The van der Waals surface area contributed by atoms with E-state index < -0.39 is 17.8 Å². The van der Waals surface area contributed by atoms with Gasteiger partial charge < -0.3 is 10.4 Å². The van der Waals surface area contributed by atoms with Crippen LogP contribution in [0.25, 0.3) is 0 Å². The van der Waals surface area contributed by atoms with E-state index >= 15 is 0 Å². The van der Waals surface area contributed by atoms with E-state index in [4.69, 9.17) is 11.6 Å². The van der Waals surface area contributed by atoms with E-state index in [1.54, 1.807) is 0 Å². The zero-order valence-electron chi connectivity index (χ0n) is 11.6. The lowest BCUT2D eigenvalue weighted by Crippen LogP contribution is -2.23. The van der Waals surface area contributed by atoms with Crippen molar-refractivity contribution in [2.75, 3.05) is 11.9 Å². The van der Waals surface area contributed by atoms with Crippen LogP contribution in [0.15, 0.2) is 18.2 Å². The molecule has 0 heterocycles. The van der Waals surface area contributed by atoms with Crippen molar-refractivity contribution in [3.8, 4) is 0 Å². The molecule has 1 aliphatic rings. The molecular formula is C15H19ClF3NO. The van der Waals surface area contributed by atoms with Gasteiger partial charge >= 0.3 is 6.18 Å². The Morgan fingerprint density at radius 1 is 1.29 bits per heavy atom. The lowest BCUT2D eigenvalue weighted by atomic mass is 10.00. The number of hydrogen-bond acceptors (Lipinski definition) is 2. The molecule has 2 rings (SSSR count). The number of aliphatic hydroxyl groups excluding tert-OH is 1. The summed E-state index contributed by atoms with van der Waals surface area (Å²) < 4.78 is 38.8. The maximum absolute atomic E-state index is 12.9. The highest BCUT2D eigenvalue weighted by Crippen LogP contribution is 2.38. The van der Waals surface area contributed by atoms with E-state index in [1.807, 2.05) is 0 Å².